The highest BCUT2D eigenvalue weighted by molar-refractivity contribution is 6.13. The van der Waals surface area contributed by atoms with Crippen LogP contribution in [0.15, 0.2) is 127 Å². The summed E-state index contributed by atoms with van der Waals surface area (Å²) in [6.45, 7) is 0. The maximum Gasteiger partial charge on any atom is 0.335 e. The first-order valence-corrected chi connectivity index (χ1v) is 20.8. The van der Waals surface area contributed by atoms with Crippen LogP contribution >= 0.6 is 0 Å². The lowest BCUT2D eigenvalue weighted by molar-refractivity contribution is 0.0695. The van der Waals surface area contributed by atoms with E-state index >= 15 is 0 Å². The molecule has 0 unspecified atom stereocenters. The van der Waals surface area contributed by atoms with Crippen LogP contribution < -0.4 is 77.8 Å². The molecule has 358 valence electrons. The molecule has 22 heteroatoms. The molecule has 0 spiro atoms. The van der Waals surface area contributed by atoms with E-state index in [1.165, 1.54) is 115 Å². The molecule has 0 radical (unpaired) electrons. The van der Waals surface area contributed by atoms with Crippen molar-refractivity contribution in [2.45, 2.75) is 0 Å². The van der Waals surface area contributed by atoms with Gasteiger partial charge < -0.3 is 82.9 Å². The molecular weight excluding hydrogens is 913 g/mol. The zero-order valence-corrected chi connectivity index (χ0v) is 37.0. The van der Waals surface area contributed by atoms with Crippen LogP contribution in [0.25, 0.3) is 0 Å². The molecule has 0 bridgehead atoms. The van der Waals surface area contributed by atoms with Gasteiger partial charge in [0.1, 0.15) is 0 Å². The Hall–Kier alpha value is -10.8. The Morgan fingerprint density at radius 3 is 0.563 bits per heavy atom. The van der Waals surface area contributed by atoms with Crippen molar-refractivity contribution in [3.8, 4) is 0 Å². The fourth-order valence-electron chi connectivity index (χ4n) is 7.15. The largest absolute Gasteiger partial charge is 0.478 e. The minimum absolute atomic E-state index is 0.0290. The predicted octanol–water partition coefficient (Wildman–Crippen LogP) is 5.56. The highest BCUT2D eigenvalue weighted by Crippen LogP contribution is 2.28. The highest BCUT2D eigenvalue weighted by atomic mass is 16.4. The molecule has 71 heavy (non-hydrogen) atoms. The van der Waals surface area contributed by atoms with Crippen molar-refractivity contribution in [2.24, 2.45) is 0 Å². The number of rotatable bonds is 13. The van der Waals surface area contributed by atoms with Gasteiger partial charge in [-0.1, -0.05) is 0 Å². The minimum Gasteiger partial charge on any atom is -0.478 e. The molecule has 23 N–H and O–H groups in total. The monoisotopic (exact) mass is 956 g/mol. The van der Waals surface area contributed by atoms with Gasteiger partial charge in [-0.15, -0.1) is 0 Å². The number of nitrogens with one attached hydrogen (secondary N) is 6. The van der Waals surface area contributed by atoms with Crippen LogP contribution in [0.4, 0.5) is 79.6 Å². The van der Waals surface area contributed by atoms with E-state index in [-0.39, 0.29) is 119 Å². The van der Waals surface area contributed by atoms with Crippen molar-refractivity contribution in [1.82, 2.24) is 0 Å². The first kappa shape index (κ1) is 48.2. The van der Waals surface area contributed by atoms with Gasteiger partial charge >= 0.3 is 5.97 Å². The lowest BCUT2D eigenvalue weighted by Gasteiger charge is -2.15. The number of carbonyl (C=O) groups excluding carboxylic acids is 6. The third-order valence-electron chi connectivity index (χ3n) is 10.1. The van der Waals surface area contributed by atoms with Crippen molar-refractivity contribution in [3.05, 3.63) is 166 Å². The topological polar surface area (TPSA) is 420 Å². The number of anilines is 14. The Bertz CT molecular complexity index is 2920. The van der Waals surface area contributed by atoms with E-state index in [1.807, 2.05) is 0 Å². The van der Waals surface area contributed by atoms with Gasteiger partial charge in [-0.2, -0.15) is 0 Å². The molecule has 0 atom stereocenters. The van der Waals surface area contributed by atoms with Crippen LogP contribution in [-0.4, -0.2) is 46.5 Å². The fourth-order valence-corrected chi connectivity index (χ4v) is 7.15. The molecule has 0 saturated heterocycles. The van der Waals surface area contributed by atoms with Crippen LogP contribution in [0.1, 0.15) is 72.5 Å². The van der Waals surface area contributed by atoms with E-state index in [0.29, 0.717) is 0 Å². The Morgan fingerprint density at radius 1 is 0.239 bits per heavy atom. The van der Waals surface area contributed by atoms with E-state index in [4.69, 9.17) is 45.9 Å². The minimum atomic E-state index is -1.44. The molecule has 7 rings (SSSR count). The summed E-state index contributed by atoms with van der Waals surface area (Å²) < 4.78 is 0. The Kier molecular flexibility index (Phi) is 13.6. The number of nitrogen functional groups attached to an aromatic ring is 8. The summed E-state index contributed by atoms with van der Waals surface area (Å²) in [5, 5.41) is 25.9. The summed E-state index contributed by atoms with van der Waals surface area (Å²) in [5.74, 6) is -5.82. The van der Waals surface area contributed by atoms with Gasteiger partial charge in [-0.25, -0.2) is 4.79 Å². The summed E-state index contributed by atoms with van der Waals surface area (Å²) >= 11 is 0. The van der Waals surface area contributed by atoms with Gasteiger partial charge in [0.05, 0.1) is 5.56 Å². The molecule has 0 heterocycles. The van der Waals surface area contributed by atoms with E-state index in [2.05, 4.69) is 31.9 Å². The molecular formula is C49H44N14O8. The first-order valence-electron chi connectivity index (χ1n) is 20.8. The van der Waals surface area contributed by atoms with Gasteiger partial charge in [0, 0.05) is 113 Å². The quantitative estimate of drug-likeness (QED) is 0.0629. The molecule has 6 amide bonds. The smallest absolute Gasteiger partial charge is 0.335 e. The molecule has 0 aliphatic carbocycles. The zero-order valence-electron chi connectivity index (χ0n) is 37.0. The normalized spacial score (nSPS) is 10.6. The second-order valence-electron chi connectivity index (χ2n) is 16.0. The lowest BCUT2D eigenvalue weighted by atomic mass is 10.1. The molecule has 0 aliphatic rings. The molecule has 22 nitrogen and oxygen atoms in total. The number of carbonyl (C=O) groups is 7. The zero-order chi connectivity index (χ0) is 51.3. The number of hydrogen-bond acceptors (Lipinski definition) is 15. The van der Waals surface area contributed by atoms with Crippen LogP contribution in [0, 0.1) is 0 Å². The number of amides is 6. The van der Waals surface area contributed by atoms with E-state index in [1.54, 1.807) is 0 Å². The highest BCUT2D eigenvalue weighted by Gasteiger charge is 2.20. The van der Waals surface area contributed by atoms with Crippen molar-refractivity contribution in [2.75, 3.05) is 77.8 Å². The molecule has 0 fully saturated rings. The van der Waals surface area contributed by atoms with Crippen molar-refractivity contribution in [1.29, 1.82) is 0 Å². The van der Waals surface area contributed by atoms with Crippen LogP contribution in [-0.2, 0) is 0 Å². The van der Waals surface area contributed by atoms with Crippen LogP contribution in [0.3, 0.4) is 0 Å². The fraction of sp³-hybridized carbons (Fsp3) is 0. The Labute approximate surface area is 402 Å². The van der Waals surface area contributed by atoms with Gasteiger partial charge in [0.15, 0.2) is 0 Å². The average Bonchev–Trinajstić information content (AvgIpc) is 3.27. The molecule has 0 aromatic heterocycles. The van der Waals surface area contributed by atoms with Crippen molar-refractivity contribution < 1.29 is 38.7 Å². The molecule has 0 saturated carbocycles. The van der Waals surface area contributed by atoms with E-state index in [9.17, 15) is 38.7 Å². The maximum atomic E-state index is 14.0. The van der Waals surface area contributed by atoms with Gasteiger partial charge in [0.2, 0.25) is 0 Å². The Balaban J connectivity index is 1.19. The number of benzene rings is 7. The number of aromatic carboxylic acids is 1. The summed E-state index contributed by atoms with van der Waals surface area (Å²) in [6.07, 6.45) is 0. The molecule has 7 aromatic rings. The summed E-state index contributed by atoms with van der Waals surface area (Å²) in [5.41, 5.74) is 48.4. The SMILES string of the molecule is Nc1cc(N)cc(C(=O)Nc2cc(NC(=O)c3cc(N)cc(N)c3)cc(C(=O)Nc3cc(NC(=O)c4cc(NC(=O)c5cc(N)cc(N)c5)cc(NC(=O)c5cc(N)cc(N)c5)c4)cc(C(=O)O)c3)c2)c1. The number of nitrogens with two attached hydrogens (primary N) is 8. The summed E-state index contributed by atoms with van der Waals surface area (Å²) in [7, 11) is 0. The average molecular weight is 957 g/mol. The van der Waals surface area contributed by atoms with E-state index < -0.39 is 41.4 Å². The van der Waals surface area contributed by atoms with Crippen molar-refractivity contribution in [3.63, 3.8) is 0 Å². The Morgan fingerprint density at radius 2 is 0.394 bits per heavy atom. The summed E-state index contributed by atoms with van der Waals surface area (Å²) in [4.78, 5) is 93.9. The second kappa shape index (κ2) is 20.0. The predicted molar refractivity (Wildman–Crippen MR) is 275 cm³/mol. The number of carboxylic acid groups (broad SMARTS) is 1. The maximum absolute atomic E-state index is 14.0. The standard InChI is InChI=1S/C49H44N14O8/c50-29-1-22(2-30(51)15-29)43(64)58-37-9-26(10-38(19-37)59-44(65)23-3-31(52)16-32(53)4-23)47(68)62-41-13-28(49(70)71)14-42(21-41)63-48(69)27-11-39(60-45(66)24-5-33(54)17-34(55)6-24)20-40(12-27)61-46(67)25-7-35(56)18-36(57)8-25/h1-21H,50-57H2,(H,58,64)(H,59,65)(H,60,66)(H,61,67)(H,62,68)(H,63,69)(H,70,71). The molecule has 0 aliphatic heterocycles. The van der Waals surface area contributed by atoms with Crippen LogP contribution in [0.2, 0.25) is 0 Å². The summed E-state index contributed by atoms with van der Waals surface area (Å²) in [6, 6.07) is 28.2. The number of carboxylic acids is 1. The first-order chi connectivity index (χ1) is 33.6. The number of hydrogen-bond donors (Lipinski definition) is 15. The second-order valence-corrected chi connectivity index (χ2v) is 16.0. The lowest BCUT2D eigenvalue weighted by Crippen LogP contribution is -2.18. The van der Waals surface area contributed by atoms with Gasteiger partial charge in [-0.3, -0.25) is 28.8 Å². The van der Waals surface area contributed by atoms with Gasteiger partial charge in [-0.05, 0) is 127 Å². The third kappa shape index (κ3) is 12.4. The van der Waals surface area contributed by atoms with Gasteiger partial charge in [0.25, 0.3) is 35.4 Å². The van der Waals surface area contributed by atoms with Crippen LogP contribution in [0.5, 0.6) is 0 Å². The van der Waals surface area contributed by atoms with Crippen molar-refractivity contribution >= 4 is 121 Å². The van der Waals surface area contributed by atoms with E-state index in [0.717, 1.165) is 12.1 Å². The molecule has 7 aromatic carbocycles. The third-order valence-corrected chi connectivity index (χ3v) is 10.1.